The third kappa shape index (κ3) is 28.6. The summed E-state index contributed by atoms with van der Waals surface area (Å²) in [6.45, 7) is 4.57. The van der Waals surface area contributed by atoms with Gasteiger partial charge in [0.2, 0.25) is 0 Å². The van der Waals surface area contributed by atoms with Crippen molar-refractivity contribution in [2.45, 2.75) is 219 Å². The first-order valence-electron chi connectivity index (χ1n) is 22.1. The molecule has 2 aromatic carbocycles. The number of nitrogens with zero attached hydrogens (tertiary/aromatic N) is 2. The molecule has 0 atom stereocenters. The van der Waals surface area contributed by atoms with Crippen molar-refractivity contribution in [2.24, 2.45) is 9.98 Å². The maximum atomic E-state index is 5.13. The second kappa shape index (κ2) is 36.8. The van der Waals surface area contributed by atoms with Gasteiger partial charge < -0.3 is 0 Å². The van der Waals surface area contributed by atoms with Gasteiger partial charge in [-0.25, -0.2) is 0 Å². The van der Waals surface area contributed by atoms with Crippen LogP contribution >= 0.6 is 0 Å². The summed E-state index contributed by atoms with van der Waals surface area (Å²) in [6, 6.07) is 20.9. The fraction of sp³-hybridized carbons (Fsp3) is 0.708. The quantitative estimate of drug-likeness (QED) is 0.0377. The Balaban J connectivity index is 0.0000130. The van der Waals surface area contributed by atoms with E-state index in [9.17, 15) is 0 Å². The molecule has 0 heterocycles. The minimum atomic E-state index is 0. The zero-order valence-corrected chi connectivity index (χ0v) is 35.2. The summed E-state index contributed by atoms with van der Waals surface area (Å²) in [4.78, 5) is 10.2. The number of hydrogen-bond donors (Lipinski definition) is 0. The van der Waals surface area contributed by atoms with Crippen LogP contribution in [-0.4, -0.2) is 11.4 Å². The second-order valence-electron chi connectivity index (χ2n) is 15.2. The molecule has 0 aliphatic heterocycles. The van der Waals surface area contributed by atoms with Crippen molar-refractivity contribution in [1.29, 1.82) is 0 Å². The Hall–Kier alpha value is -1.56. The summed E-state index contributed by atoms with van der Waals surface area (Å²) in [6.07, 6.45) is 44.6. The van der Waals surface area contributed by atoms with Gasteiger partial charge in [0.25, 0.3) is 0 Å². The van der Waals surface area contributed by atoms with Crippen LogP contribution in [-0.2, 0) is 20.4 Å². The van der Waals surface area contributed by atoms with E-state index in [2.05, 4.69) is 74.5 Å². The van der Waals surface area contributed by atoms with Crippen molar-refractivity contribution in [3.8, 4) is 0 Å². The molecule has 0 N–H and O–H groups in total. The van der Waals surface area contributed by atoms with Gasteiger partial charge in [-0.15, -0.1) is 0 Å². The summed E-state index contributed by atoms with van der Waals surface area (Å²) in [5.74, 6) is 0. The first kappa shape index (κ1) is 47.5. The molecule has 0 radical (unpaired) electrons. The summed E-state index contributed by atoms with van der Waals surface area (Å²) in [5, 5.41) is 0. The number of hydrogen-bond acceptors (Lipinski definition) is 2. The van der Waals surface area contributed by atoms with Crippen LogP contribution in [0.3, 0.4) is 0 Å². The molecule has 0 unspecified atom stereocenters. The zero-order valence-electron chi connectivity index (χ0n) is 33.6. The van der Waals surface area contributed by atoms with Crippen molar-refractivity contribution in [2.75, 3.05) is 0 Å². The predicted octanol–water partition coefficient (Wildman–Crippen LogP) is 17.1. The molecule has 292 valence electrons. The van der Waals surface area contributed by atoms with Crippen molar-refractivity contribution in [1.82, 2.24) is 0 Å². The first-order valence-corrected chi connectivity index (χ1v) is 22.1. The number of unbranched alkanes of at least 4 members (excludes halogenated alkanes) is 28. The summed E-state index contributed by atoms with van der Waals surface area (Å²) >= 11 is 0. The van der Waals surface area contributed by atoms with Gasteiger partial charge in [-0.05, 0) is 49.9 Å². The molecule has 0 aliphatic carbocycles. The molecular formula is C48H80N2Pd. The molecular weight excluding hydrogens is 711 g/mol. The van der Waals surface area contributed by atoms with Crippen LogP contribution in [0.2, 0.25) is 0 Å². The molecule has 2 rings (SSSR count). The summed E-state index contributed by atoms with van der Waals surface area (Å²) in [7, 11) is 0. The monoisotopic (exact) mass is 791 g/mol. The molecule has 0 saturated heterocycles. The van der Waals surface area contributed by atoms with E-state index in [0.717, 1.165) is 30.6 Å². The number of benzene rings is 2. The molecule has 0 aromatic heterocycles. The van der Waals surface area contributed by atoms with E-state index in [4.69, 9.17) is 9.98 Å². The molecule has 2 aromatic rings. The Morgan fingerprint density at radius 3 is 0.824 bits per heavy atom. The number of rotatable bonds is 35. The molecule has 0 bridgehead atoms. The van der Waals surface area contributed by atoms with Gasteiger partial charge in [0, 0.05) is 20.4 Å². The molecule has 3 heteroatoms. The van der Waals surface area contributed by atoms with Crippen molar-refractivity contribution in [3.63, 3.8) is 0 Å². The molecule has 0 aliphatic rings. The standard InChI is InChI=1S/C48H80N2.Pd/c1-3-5-7-8-9-10-11-12-13-14-15-16-17-18-19-20-21-22-23-24-25-26-27-28-29-30-31-38-44-48(50-46-41-36-33-37-42-46)47(43-6-4-2)49-45-39-34-32-35-40-45;/h32-37,39-42H,3-31,38,43-44H2,1-2H3;. The van der Waals surface area contributed by atoms with Gasteiger partial charge in [-0.3, -0.25) is 9.98 Å². The largest absolute Gasteiger partial charge is 0.252 e. The fourth-order valence-corrected chi connectivity index (χ4v) is 7.15. The summed E-state index contributed by atoms with van der Waals surface area (Å²) in [5.41, 5.74) is 4.44. The third-order valence-corrected chi connectivity index (χ3v) is 10.4. The Kier molecular flexibility index (Phi) is 34.2. The van der Waals surface area contributed by atoms with Gasteiger partial charge in [0.15, 0.2) is 0 Å². The molecule has 0 amide bonds. The predicted molar refractivity (Wildman–Crippen MR) is 226 cm³/mol. The number of para-hydroxylation sites is 2. The molecule has 2 nitrogen and oxygen atoms in total. The minimum Gasteiger partial charge on any atom is -0.252 e. The maximum Gasteiger partial charge on any atom is 0.0633 e. The summed E-state index contributed by atoms with van der Waals surface area (Å²) < 4.78 is 0. The molecule has 0 spiro atoms. The van der Waals surface area contributed by atoms with Crippen LogP contribution in [0.4, 0.5) is 11.4 Å². The smallest absolute Gasteiger partial charge is 0.0633 e. The fourth-order valence-electron chi connectivity index (χ4n) is 7.15. The van der Waals surface area contributed by atoms with Crippen molar-refractivity contribution in [3.05, 3.63) is 60.7 Å². The van der Waals surface area contributed by atoms with Gasteiger partial charge in [0.1, 0.15) is 0 Å². The SMILES string of the molecule is CCCCCCCCCCCCCCCCCCCCCCCCCCCCCCC(=Nc1ccccc1)C(CCCC)=Nc1ccccc1.[Pd]. The van der Waals surface area contributed by atoms with E-state index in [1.54, 1.807) is 0 Å². The van der Waals surface area contributed by atoms with Crippen LogP contribution in [0.25, 0.3) is 0 Å². The van der Waals surface area contributed by atoms with Gasteiger partial charge in [-0.1, -0.05) is 230 Å². The van der Waals surface area contributed by atoms with Crippen LogP contribution in [0.5, 0.6) is 0 Å². The Morgan fingerprint density at radius 2 is 0.549 bits per heavy atom. The van der Waals surface area contributed by atoms with Gasteiger partial charge in [0.05, 0.1) is 22.8 Å². The normalized spacial score (nSPS) is 12.0. The van der Waals surface area contributed by atoms with Gasteiger partial charge >= 0.3 is 0 Å². The maximum absolute atomic E-state index is 5.13. The average molecular weight is 792 g/mol. The Labute approximate surface area is 331 Å². The van der Waals surface area contributed by atoms with E-state index in [1.807, 2.05) is 0 Å². The molecule has 51 heavy (non-hydrogen) atoms. The van der Waals surface area contributed by atoms with Crippen LogP contribution in [0.15, 0.2) is 70.6 Å². The minimum absolute atomic E-state index is 0. The van der Waals surface area contributed by atoms with Crippen molar-refractivity contribution >= 4 is 22.8 Å². The molecule has 0 fully saturated rings. The van der Waals surface area contributed by atoms with Gasteiger partial charge in [-0.2, -0.15) is 0 Å². The Morgan fingerprint density at radius 1 is 0.314 bits per heavy atom. The van der Waals surface area contributed by atoms with E-state index in [1.165, 1.54) is 198 Å². The second-order valence-corrected chi connectivity index (χ2v) is 15.2. The third-order valence-electron chi connectivity index (χ3n) is 10.4. The van der Waals surface area contributed by atoms with Crippen LogP contribution < -0.4 is 0 Å². The topological polar surface area (TPSA) is 24.7 Å². The molecule has 0 saturated carbocycles. The van der Waals surface area contributed by atoms with Crippen LogP contribution in [0, 0.1) is 0 Å². The Bertz CT molecular complexity index is 1050. The van der Waals surface area contributed by atoms with Crippen molar-refractivity contribution < 1.29 is 20.4 Å². The van der Waals surface area contributed by atoms with Crippen LogP contribution in [0.1, 0.15) is 219 Å². The zero-order chi connectivity index (χ0) is 35.4. The van der Waals surface area contributed by atoms with E-state index >= 15 is 0 Å². The first-order chi connectivity index (χ1) is 24.8. The average Bonchev–Trinajstić information content (AvgIpc) is 3.15. The van der Waals surface area contributed by atoms with E-state index < -0.39 is 0 Å². The van der Waals surface area contributed by atoms with E-state index in [-0.39, 0.29) is 20.4 Å². The van der Waals surface area contributed by atoms with E-state index in [0.29, 0.717) is 0 Å². The number of aliphatic imine (C=N–C) groups is 2.